The Hall–Kier alpha value is -1.58. The van der Waals surface area contributed by atoms with E-state index in [0.717, 1.165) is 12.8 Å². The summed E-state index contributed by atoms with van der Waals surface area (Å²) in [4.78, 5) is 21.7. The van der Waals surface area contributed by atoms with Crippen LogP contribution in [0.25, 0.3) is 0 Å². The molecule has 0 aromatic rings. The van der Waals surface area contributed by atoms with Crippen molar-refractivity contribution in [1.82, 2.24) is 10.6 Å². The number of nitrogens with one attached hydrogen (secondary N) is 2. The maximum absolute atomic E-state index is 10.9. The summed E-state index contributed by atoms with van der Waals surface area (Å²) in [5.74, 6) is 0.101. The molecule has 90 valence electrons. The van der Waals surface area contributed by atoms with Crippen LogP contribution in [0.1, 0.15) is 19.8 Å². The zero-order valence-electron chi connectivity index (χ0n) is 9.79. The van der Waals surface area contributed by atoms with E-state index in [1.807, 2.05) is 0 Å². The van der Waals surface area contributed by atoms with Crippen LogP contribution in [0.3, 0.4) is 0 Å². The normalized spacial score (nSPS) is 11.3. The van der Waals surface area contributed by atoms with Gasteiger partial charge in [0.15, 0.2) is 0 Å². The van der Waals surface area contributed by atoms with E-state index in [4.69, 9.17) is 0 Å². The zero-order chi connectivity index (χ0) is 12.4. The summed E-state index contributed by atoms with van der Waals surface area (Å²) in [7, 11) is 0. The van der Waals surface area contributed by atoms with Crippen molar-refractivity contribution >= 4 is 11.8 Å². The smallest absolute Gasteiger partial charge is 0.243 e. The van der Waals surface area contributed by atoms with Gasteiger partial charge in [-0.05, 0) is 30.9 Å². The summed E-state index contributed by atoms with van der Waals surface area (Å²) in [5, 5.41) is 5.44. The van der Waals surface area contributed by atoms with Gasteiger partial charge in [-0.1, -0.05) is 20.1 Å². The second-order valence-electron chi connectivity index (χ2n) is 3.69. The Balaban J connectivity index is 3.46. The van der Waals surface area contributed by atoms with Crippen molar-refractivity contribution in [2.24, 2.45) is 5.92 Å². The number of rotatable bonds is 8. The highest BCUT2D eigenvalue weighted by Crippen LogP contribution is 2.02. The molecule has 0 aromatic carbocycles. The van der Waals surface area contributed by atoms with Crippen LogP contribution in [-0.4, -0.2) is 24.9 Å². The van der Waals surface area contributed by atoms with Crippen LogP contribution >= 0.6 is 0 Å². The van der Waals surface area contributed by atoms with E-state index in [0.29, 0.717) is 19.0 Å². The summed E-state index contributed by atoms with van der Waals surface area (Å²) >= 11 is 0. The van der Waals surface area contributed by atoms with Gasteiger partial charge in [-0.2, -0.15) is 0 Å². The van der Waals surface area contributed by atoms with Crippen molar-refractivity contribution in [1.29, 1.82) is 0 Å². The fourth-order valence-corrected chi connectivity index (χ4v) is 1.18. The Morgan fingerprint density at radius 3 is 2.31 bits per heavy atom. The van der Waals surface area contributed by atoms with Crippen LogP contribution in [0.4, 0.5) is 0 Å². The van der Waals surface area contributed by atoms with Crippen LogP contribution in [0, 0.1) is 5.92 Å². The third-order valence-corrected chi connectivity index (χ3v) is 2.17. The number of carbonyl (C=O) groups excluding carboxylic acids is 2. The molecule has 0 heterocycles. The van der Waals surface area contributed by atoms with E-state index in [-0.39, 0.29) is 11.8 Å². The lowest BCUT2D eigenvalue weighted by atomic mass is 10.1. The SMILES string of the molecule is C=CC(=O)NCCCC(C)CNC(=O)C=C. The van der Waals surface area contributed by atoms with Gasteiger partial charge in [0.05, 0.1) is 0 Å². The summed E-state index contributed by atoms with van der Waals surface area (Å²) in [6.45, 7) is 10.1. The van der Waals surface area contributed by atoms with E-state index in [2.05, 4.69) is 30.7 Å². The van der Waals surface area contributed by atoms with Crippen LogP contribution in [0.2, 0.25) is 0 Å². The molecular formula is C12H20N2O2. The lowest BCUT2D eigenvalue weighted by Gasteiger charge is -2.11. The molecule has 0 fully saturated rings. The van der Waals surface area contributed by atoms with Crippen molar-refractivity contribution in [3.63, 3.8) is 0 Å². The molecule has 0 bridgehead atoms. The van der Waals surface area contributed by atoms with Gasteiger partial charge in [-0.25, -0.2) is 0 Å². The topological polar surface area (TPSA) is 58.2 Å². The van der Waals surface area contributed by atoms with Gasteiger partial charge >= 0.3 is 0 Å². The van der Waals surface area contributed by atoms with Gasteiger partial charge in [0.2, 0.25) is 11.8 Å². The highest BCUT2D eigenvalue weighted by Gasteiger charge is 2.03. The maximum atomic E-state index is 10.9. The second kappa shape index (κ2) is 8.71. The zero-order valence-corrected chi connectivity index (χ0v) is 9.79. The third kappa shape index (κ3) is 7.79. The average molecular weight is 224 g/mol. The predicted molar refractivity (Wildman–Crippen MR) is 64.8 cm³/mol. The van der Waals surface area contributed by atoms with E-state index in [1.165, 1.54) is 12.2 Å². The molecule has 1 unspecified atom stereocenters. The molecule has 0 aliphatic carbocycles. The van der Waals surface area contributed by atoms with Crippen LogP contribution in [0.15, 0.2) is 25.3 Å². The van der Waals surface area contributed by atoms with Crippen molar-refractivity contribution in [3.05, 3.63) is 25.3 Å². The number of amides is 2. The second-order valence-corrected chi connectivity index (χ2v) is 3.69. The number of hydrogen-bond acceptors (Lipinski definition) is 2. The average Bonchev–Trinajstić information content (AvgIpc) is 2.31. The van der Waals surface area contributed by atoms with E-state index >= 15 is 0 Å². The van der Waals surface area contributed by atoms with Crippen LogP contribution < -0.4 is 10.6 Å². The first kappa shape index (κ1) is 14.4. The molecular weight excluding hydrogens is 204 g/mol. The van der Waals surface area contributed by atoms with Gasteiger partial charge < -0.3 is 10.6 Å². The highest BCUT2D eigenvalue weighted by atomic mass is 16.2. The molecule has 0 aromatic heterocycles. The van der Waals surface area contributed by atoms with Crippen molar-refractivity contribution < 1.29 is 9.59 Å². The van der Waals surface area contributed by atoms with Gasteiger partial charge in [0.1, 0.15) is 0 Å². The Morgan fingerprint density at radius 2 is 1.75 bits per heavy atom. The number of hydrogen-bond donors (Lipinski definition) is 2. The standard InChI is InChI=1S/C12H20N2O2/c1-4-11(15)13-8-6-7-10(3)9-14-12(16)5-2/h4-5,10H,1-2,6-9H2,3H3,(H,13,15)(H,14,16). The van der Waals surface area contributed by atoms with Crippen molar-refractivity contribution in [2.45, 2.75) is 19.8 Å². The minimum Gasteiger partial charge on any atom is -0.353 e. The molecule has 2 N–H and O–H groups in total. The molecule has 0 aliphatic heterocycles. The van der Waals surface area contributed by atoms with Crippen LogP contribution in [-0.2, 0) is 9.59 Å². The number of carbonyl (C=O) groups is 2. The molecule has 16 heavy (non-hydrogen) atoms. The quantitative estimate of drug-likeness (QED) is 0.477. The minimum atomic E-state index is -0.146. The maximum Gasteiger partial charge on any atom is 0.243 e. The molecule has 4 nitrogen and oxygen atoms in total. The highest BCUT2D eigenvalue weighted by molar-refractivity contribution is 5.87. The molecule has 4 heteroatoms. The Morgan fingerprint density at radius 1 is 1.19 bits per heavy atom. The molecule has 1 atom stereocenters. The lowest BCUT2D eigenvalue weighted by Crippen LogP contribution is -2.27. The first-order valence-corrected chi connectivity index (χ1v) is 5.40. The first-order valence-electron chi connectivity index (χ1n) is 5.40. The fourth-order valence-electron chi connectivity index (χ4n) is 1.18. The molecule has 0 rings (SSSR count). The van der Waals surface area contributed by atoms with Gasteiger partial charge in [0, 0.05) is 13.1 Å². The minimum absolute atomic E-state index is 0.146. The van der Waals surface area contributed by atoms with Crippen molar-refractivity contribution in [2.75, 3.05) is 13.1 Å². The summed E-state index contributed by atoms with van der Waals surface area (Å²) in [6, 6.07) is 0. The predicted octanol–water partition coefficient (Wildman–Crippen LogP) is 1.01. The van der Waals surface area contributed by atoms with Crippen LogP contribution in [0.5, 0.6) is 0 Å². The first-order chi connectivity index (χ1) is 7.60. The molecule has 0 radical (unpaired) electrons. The molecule has 0 spiro atoms. The summed E-state index contributed by atoms with van der Waals surface area (Å²) in [6.07, 6.45) is 4.37. The Kier molecular flexibility index (Phi) is 7.85. The molecule has 0 aliphatic rings. The van der Waals surface area contributed by atoms with Gasteiger partial charge in [-0.3, -0.25) is 9.59 Å². The third-order valence-electron chi connectivity index (χ3n) is 2.17. The van der Waals surface area contributed by atoms with Crippen molar-refractivity contribution in [3.8, 4) is 0 Å². The monoisotopic (exact) mass is 224 g/mol. The van der Waals surface area contributed by atoms with Gasteiger partial charge in [-0.15, -0.1) is 0 Å². The largest absolute Gasteiger partial charge is 0.353 e. The fraction of sp³-hybridized carbons (Fsp3) is 0.500. The lowest BCUT2D eigenvalue weighted by molar-refractivity contribution is -0.117. The van der Waals surface area contributed by atoms with E-state index < -0.39 is 0 Å². The molecule has 0 saturated heterocycles. The molecule has 0 saturated carbocycles. The summed E-state index contributed by atoms with van der Waals surface area (Å²) in [5.41, 5.74) is 0. The summed E-state index contributed by atoms with van der Waals surface area (Å²) < 4.78 is 0. The Labute approximate surface area is 96.8 Å². The van der Waals surface area contributed by atoms with E-state index in [9.17, 15) is 9.59 Å². The van der Waals surface area contributed by atoms with Gasteiger partial charge in [0.25, 0.3) is 0 Å². The molecule has 2 amide bonds. The Bertz CT molecular complexity index is 262. The van der Waals surface area contributed by atoms with E-state index in [1.54, 1.807) is 0 Å².